The molecule has 0 aliphatic carbocycles. The van der Waals surface area contributed by atoms with E-state index in [9.17, 15) is 4.79 Å². The van der Waals surface area contributed by atoms with E-state index in [-0.39, 0.29) is 5.91 Å². The Labute approximate surface area is 160 Å². The smallest absolute Gasteiger partial charge is 0.278 e. The summed E-state index contributed by atoms with van der Waals surface area (Å²) in [5.74, 6) is 0.454. The minimum Gasteiger partial charge on any atom is -0.339 e. The molecule has 0 saturated carbocycles. The van der Waals surface area contributed by atoms with Crippen LogP contribution in [0.25, 0.3) is 0 Å². The normalized spacial score (nSPS) is 10.5. The zero-order valence-corrected chi connectivity index (χ0v) is 16.2. The Morgan fingerprint density at radius 3 is 2.22 bits per heavy atom. The molecule has 0 aliphatic heterocycles. The fourth-order valence-corrected chi connectivity index (χ4v) is 3.20. The predicted molar refractivity (Wildman–Crippen MR) is 110 cm³/mol. The average molecular weight is 360 g/mol. The Morgan fingerprint density at radius 2 is 1.67 bits per heavy atom. The first-order valence-electron chi connectivity index (χ1n) is 9.03. The van der Waals surface area contributed by atoms with Crippen LogP contribution >= 0.6 is 0 Å². The highest BCUT2D eigenvalue weighted by atomic mass is 16.2. The summed E-state index contributed by atoms with van der Waals surface area (Å²) < 4.78 is 0. The van der Waals surface area contributed by atoms with E-state index in [1.807, 2.05) is 37.3 Å². The van der Waals surface area contributed by atoms with Crippen molar-refractivity contribution in [1.29, 1.82) is 0 Å². The van der Waals surface area contributed by atoms with Gasteiger partial charge in [0.1, 0.15) is 11.5 Å². The van der Waals surface area contributed by atoms with Gasteiger partial charge < -0.3 is 10.2 Å². The van der Waals surface area contributed by atoms with E-state index in [2.05, 4.69) is 48.2 Å². The highest BCUT2D eigenvalue weighted by Crippen LogP contribution is 2.25. The maximum atomic E-state index is 12.8. The summed E-state index contributed by atoms with van der Waals surface area (Å²) in [6.07, 6.45) is 3.12. The average Bonchev–Trinajstić information content (AvgIpc) is 2.66. The first-order chi connectivity index (χ1) is 13.0. The molecule has 2 aromatic carbocycles. The van der Waals surface area contributed by atoms with Crippen LogP contribution in [0.5, 0.6) is 0 Å². The molecular formula is C22H24N4O. The number of aromatic nitrogens is 2. The summed E-state index contributed by atoms with van der Waals surface area (Å²) in [5.41, 5.74) is 5.71. The predicted octanol–water partition coefficient (Wildman–Crippen LogP) is 4.81. The summed E-state index contributed by atoms with van der Waals surface area (Å²) in [6.45, 7) is 8.71. The van der Waals surface area contributed by atoms with Crippen molar-refractivity contribution in [3.63, 3.8) is 0 Å². The zero-order chi connectivity index (χ0) is 19.4. The molecule has 27 heavy (non-hydrogen) atoms. The molecule has 0 bridgehead atoms. The summed E-state index contributed by atoms with van der Waals surface area (Å²) in [5, 5.41) is 3.31. The van der Waals surface area contributed by atoms with Crippen LogP contribution in [0, 0.1) is 20.8 Å². The molecule has 1 aromatic heterocycles. The second-order valence-corrected chi connectivity index (χ2v) is 6.57. The monoisotopic (exact) mass is 360 g/mol. The van der Waals surface area contributed by atoms with Gasteiger partial charge in [0.2, 0.25) is 0 Å². The molecule has 1 heterocycles. The van der Waals surface area contributed by atoms with Gasteiger partial charge in [0.25, 0.3) is 5.91 Å². The maximum Gasteiger partial charge on any atom is 0.278 e. The number of carbonyl (C=O) groups is 1. The summed E-state index contributed by atoms with van der Waals surface area (Å²) >= 11 is 0. The number of nitrogens with zero attached hydrogens (tertiary/aromatic N) is 3. The number of nitrogens with one attached hydrogen (secondary N) is 1. The van der Waals surface area contributed by atoms with Crippen LogP contribution in [0.4, 0.5) is 17.2 Å². The van der Waals surface area contributed by atoms with E-state index in [4.69, 9.17) is 0 Å². The van der Waals surface area contributed by atoms with Crippen LogP contribution in [0.15, 0.2) is 54.9 Å². The van der Waals surface area contributed by atoms with Crippen molar-refractivity contribution >= 4 is 23.1 Å². The maximum absolute atomic E-state index is 12.8. The van der Waals surface area contributed by atoms with Gasteiger partial charge in [0, 0.05) is 17.9 Å². The SMILES string of the molecule is CCN(C(=O)c1cnc(Nc2c(C)cc(C)cc2C)cn1)c1ccccc1. The fourth-order valence-electron chi connectivity index (χ4n) is 3.20. The molecule has 1 amide bonds. The molecule has 0 radical (unpaired) electrons. The van der Waals surface area contributed by atoms with Gasteiger partial charge in [0.15, 0.2) is 0 Å². The van der Waals surface area contributed by atoms with Crippen molar-refractivity contribution in [2.24, 2.45) is 0 Å². The van der Waals surface area contributed by atoms with Gasteiger partial charge in [0.05, 0.1) is 12.4 Å². The van der Waals surface area contributed by atoms with Crippen molar-refractivity contribution < 1.29 is 4.79 Å². The van der Waals surface area contributed by atoms with Crippen molar-refractivity contribution in [3.8, 4) is 0 Å². The Balaban J connectivity index is 1.80. The van der Waals surface area contributed by atoms with E-state index in [1.54, 1.807) is 11.1 Å². The molecule has 0 spiro atoms. The van der Waals surface area contributed by atoms with E-state index in [1.165, 1.54) is 11.8 Å². The number of anilines is 3. The largest absolute Gasteiger partial charge is 0.339 e. The van der Waals surface area contributed by atoms with Gasteiger partial charge in [-0.2, -0.15) is 0 Å². The quantitative estimate of drug-likeness (QED) is 0.709. The van der Waals surface area contributed by atoms with Gasteiger partial charge in [-0.25, -0.2) is 9.97 Å². The Bertz CT molecular complexity index is 913. The van der Waals surface area contributed by atoms with E-state index in [0.717, 1.165) is 22.5 Å². The number of benzene rings is 2. The van der Waals surface area contributed by atoms with Gasteiger partial charge in [-0.05, 0) is 51.0 Å². The first-order valence-corrected chi connectivity index (χ1v) is 9.03. The summed E-state index contributed by atoms with van der Waals surface area (Å²) in [7, 11) is 0. The van der Waals surface area contributed by atoms with Crippen LogP contribution in [0.2, 0.25) is 0 Å². The highest BCUT2D eigenvalue weighted by molar-refractivity contribution is 6.04. The molecule has 0 atom stereocenters. The first kappa shape index (κ1) is 18.6. The second-order valence-electron chi connectivity index (χ2n) is 6.57. The van der Waals surface area contributed by atoms with Crippen LogP contribution in [-0.4, -0.2) is 22.4 Å². The molecule has 3 rings (SSSR count). The number of hydrogen-bond acceptors (Lipinski definition) is 4. The van der Waals surface area contributed by atoms with Gasteiger partial charge >= 0.3 is 0 Å². The molecule has 0 fully saturated rings. The minimum absolute atomic E-state index is 0.162. The summed E-state index contributed by atoms with van der Waals surface area (Å²) in [4.78, 5) is 23.2. The summed E-state index contributed by atoms with van der Waals surface area (Å²) in [6, 6.07) is 13.8. The lowest BCUT2D eigenvalue weighted by Gasteiger charge is -2.20. The van der Waals surface area contributed by atoms with Crippen molar-refractivity contribution in [1.82, 2.24) is 9.97 Å². The number of aryl methyl sites for hydroxylation is 3. The number of rotatable bonds is 5. The van der Waals surface area contributed by atoms with Crippen LogP contribution < -0.4 is 10.2 Å². The number of para-hydroxylation sites is 1. The number of carbonyl (C=O) groups excluding carboxylic acids is 1. The third-order valence-electron chi connectivity index (χ3n) is 4.43. The molecule has 5 heteroatoms. The molecule has 0 saturated heterocycles. The Hall–Kier alpha value is -3.21. The van der Waals surface area contributed by atoms with Crippen molar-refractivity contribution in [3.05, 3.63) is 77.2 Å². The third-order valence-corrected chi connectivity index (χ3v) is 4.43. The van der Waals surface area contributed by atoms with E-state index in [0.29, 0.717) is 18.1 Å². The molecule has 0 aliphatic rings. The lowest BCUT2D eigenvalue weighted by Crippen LogP contribution is -2.31. The zero-order valence-electron chi connectivity index (χ0n) is 16.2. The molecule has 138 valence electrons. The molecule has 1 N–H and O–H groups in total. The molecule has 5 nitrogen and oxygen atoms in total. The molecule has 0 unspecified atom stereocenters. The van der Waals surface area contributed by atoms with E-state index < -0.39 is 0 Å². The van der Waals surface area contributed by atoms with Gasteiger partial charge in [-0.15, -0.1) is 0 Å². The lowest BCUT2D eigenvalue weighted by atomic mass is 10.1. The molecular weight excluding hydrogens is 336 g/mol. The highest BCUT2D eigenvalue weighted by Gasteiger charge is 2.17. The molecule has 3 aromatic rings. The lowest BCUT2D eigenvalue weighted by molar-refractivity contribution is 0.0983. The minimum atomic E-state index is -0.162. The van der Waals surface area contributed by atoms with Gasteiger partial charge in [-0.1, -0.05) is 35.9 Å². The Morgan fingerprint density at radius 1 is 1.00 bits per heavy atom. The van der Waals surface area contributed by atoms with Crippen LogP contribution in [-0.2, 0) is 0 Å². The standard InChI is InChI=1S/C22H24N4O/c1-5-26(18-9-7-6-8-10-18)22(27)19-13-24-20(14-23-19)25-21-16(3)11-15(2)12-17(21)4/h6-14H,5H2,1-4H3,(H,24,25). The second kappa shape index (κ2) is 7.99. The number of amides is 1. The van der Waals surface area contributed by atoms with Gasteiger partial charge in [-0.3, -0.25) is 4.79 Å². The Kier molecular flexibility index (Phi) is 5.50. The number of hydrogen-bond donors (Lipinski definition) is 1. The van der Waals surface area contributed by atoms with E-state index >= 15 is 0 Å². The van der Waals surface area contributed by atoms with Crippen LogP contribution in [0.1, 0.15) is 34.1 Å². The third kappa shape index (κ3) is 4.14. The topological polar surface area (TPSA) is 58.1 Å². The van der Waals surface area contributed by atoms with Crippen molar-refractivity contribution in [2.75, 3.05) is 16.8 Å². The van der Waals surface area contributed by atoms with Crippen molar-refractivity contribution in [2.45, 2.75) is 27.7 Å². The fraction of sp³-hybridized carbons (Fsp3) is 0.227. The van der Waals surface area contributed by atoms with Crippen LogP contribution in [0.3, 0.4) is 0 Å².